The van der Waals surface area contributed by atoms with Crippen molar-refractivity contribution in [3.8, 4) is 0 Å². The molecule has 5 heteroatoms. The highest BCUT2D eigenvalue weighted by molar-refractivity contribution is 5.88. The van der Waals surface area contributed by atoms with Gasteiger partial charge in [-0.25, -0.2) is 13.6 Å². The maximum atomic E-state index is 12.1. The van der Waals surface area contributed by atoms with E-state index in [0.717, 1.165) is 12.3 Å². The Morgan fingerprint density at radius 1 is 1.57 bits per heavy atom. The van der Waals surface area contributed by atoms with Crippen LogP contribution in [-0.4, -0.2) is 17.6 Å². The monoisotopic (exact) mass is 201 g/mol. The summed E-state index contributed by atoms with van der Waals surface area (Å²) < 4.78 is 28.8. The molecule has 1 rings (SSSR count). The van der Waals surface area contributed by atoms with Crippen molar-refractivity contribution in [2.75, 3.05) is 6.61 Å². The Morgan fingerprint density at radius 2 is 2.29 bits per heavy atom. The normalized spacial score (nSPS) is 10.3. The summed E-state index contributed by atoms with van der Waals surface area (Å²) in [6.45, 7) is 1.91. The van der Waals surface area contributed by atoms with Crippen LogP contribution in [0.1, 0.15) is 29.4 Å². The molecule has 76 valence electrons. The van der Waals surface area contributed by atoms with Crippen molar-refractivity contribution in [3.05, 3.63) is 29.6 Å². The van der Waals surface area contributed by atoms with E-state index in [2.05, 4.69) is 9.72 Å². The maximum absolute atomic E-state index is 12.1. The second kappa shape index (κ2) is 4.64. The Labute approximate surface area is 79.7 Å². The molecule has 1 aromatic rings. The van der Waals surface area contributed by atoms with Crippen LogP contribution in [0, 0.1) is 0 Å². The Balaban J connectivity index is 2.78. The highest BCUT2D eigenvalue weighted by Crippen LogP contribution is 2.15. The Hall–Kier alpha value is -1.52. The fraction of sp³-hybridized carbons (Fsp3) is 0.333. The molecular formula is C9H9F2NO2. The molecule has 0 saturated carbocycles. The largest absolute Gasteiger partial charge is 0.462 e. The maximum Gasteiger partial charge on any atom is 0.339 e. The minimum absolute atomic E-state index is 0.177. The molecule has 0 saturated heterocycles. The van der Waals surface area contributed by atoms with Gasteiger partial charge in [0.25, 0.3) is 6.43 Å². The van der Waals surface area contributed by atoms with Crippen molar-refractivity contribution in [1.82, 2.24) is 4.98 Å². The first-order valence-electron chi connectivity index (χ1n) is 4.06. The van der Waals surface area contributed by atoms with E-state index in [-0.39, 0.29) is 17.9 Å². The summed E-state index contributed by atoms with van der Waals surface area (Å²) in [4.78, 5) is 14.5. The molecule has 0 spiro atoms. The van der Waals surface area contributed by atoms with Gasteiger partial charge in [-0.3, -0.25) is 4.98 Å². The molecule has 0 aliphatic rings. The molecule has 1 heterocycles. The van der Waals surface area contributed by atoms with E-state index in [4.69, 9.17) is 0 Å². The third-order valence-electron chi connectivity index (χ3n) is 1.52. The van der Waals surface area contributed by atoms with Gasteiger partial charge in [-0.1, -0.05) is 0 Å². The number of carbonyl (C=O) groups is 1. The van der Waals surface area contributed by atoms with Crippen molar-refractivity contribution < 1.29 is 18.3 Å². The van der Waals surface area contributed by atoms with Gasteiger partial charge in [0.15, 0.2) is 0 Å². The van der Waals surface area contributed by atoms with Gasteiger partial charge in [0.2, 0.25) is 0 Å². The third kappa shape index (κ3) is 2.48. The zero-order chi connectivity index (χ0) is 10.6. The molecule has 0 N–H and O–H groups in total. The lowest BCUT2D eigenvalue weighted by atomic mass is 10.2. The zero-order valence-corrected chi connectivity index (χ0v) is 7.54. The molecular weight excluding hydrogens is 192 g/mol. The third-order valence-corrected chi connectivity index (χ3v) is 1.52. The number of hydrogen-bond donors (Lipinski definition) is 0. The number of halogens is 2. The van der Waals surface area contributed by atoms with E-state index in [1.165, 1.54) is 6.07 Å². The molecule has 0 radical (unpaired) electrons. The molecule has 0 unspecified atom stereocenters. The van der Waals surface area contributed by atoms with Gasteiger partial charge in [0.05, 0.1) is 12.2 Å². The number of carbonyl (C=O) groups excluding carboxylic acids is 1. The van der Waals surface area contributed by atoms with Crippen molar-refractivity contribution in [1.29, 1.82) is 0 Å². The van der Waals surface area contributed by atoms with Gasteiger partial charge in [-0.05, 0) is 19.1 Å². The molecule has 1 aromatic heterocycles. The number of aromatic nitrogens is 1. The molecule has 0 aromatic carbocycles. The fourth-order valence-corrected chi connectivity index (χ4v) is 0.870. The van der Waals surface area contributed by atoms with Crippen LogP contribution < -0.4 is 0 Å². The van der Waals surface area contributed by atoms with Gasteiger partial charge in [0.1, 0.15) is 5.69 Å². The molecule has 0 fully saturated rings. The minimum Gasteiger partial charge on any atom is -0.462 e. The molecule has 14 heavy (non-hydrogen) atoms. The van der Waals surface area contributed by atoms with Crippen LogP contribution in [0.5, 0.6) is 0 Å². The van der Waals surface area contributed by atoms with E-state index in [0.29, 0.717) is 0 Å². The predicted molar refractivity (Wildman–Crippen MR) is 45.2 cm³/mol. The number of pyridine rings is 1. The molecule has 0 aliphatic carbocycles. The fourth-order valence-electron chi connectivity index (χ4n) is 0.870. The summed E-state index contributed by atoms with van der Waals surface area (Å²) >= 11 is 0. The van der Waals surface area contributed by atoms with Crippen molar-refractivity contribution in [2.45, 2.75) is 13.3 Å². The van der Waals surface area contributed by atoms with E-state index in [1.807, 2.05) is 0 Å². The van der Waals surface area contributed by atoms with Gasteiger partial charge in [0, 0.05) is 6.20 Å². The second-order valence-electron chi connectivity index (χ2n) is 2.49. The summed E-state index contributed by atoms with van der Waals surface area (Å²) in [5.41, 5.74) is -0.172. The molecule has 0 aliphatic heterocycles. The summed E-state index contributed by atoms with van der Waals surface area (Å²) in [6.07, 6.45) is -1.54. The van der Waals surface area contributed by atoms with Crippen molar-refractivity contribution in [2.24, 2.45) is 0 Å². The zero-order valence-electron chi connectivity index (χ0n) is 7.54. The predicted octanol–water partition coefficient (Wildman–Crippen LogP) is 2.20. The standard InChI is InChI=1S/C9H9F2NO2/c1-2-14-9(13)6-3-4-7(8(10)11)12-5-6/h3-5,8H,2H2,1H3. The lowest BCUT2D eigenvalue weighted by molar-refractivity contribution is 0.0525. The number of hydrogen-bond acceptors (Lipinski definition) is 3. The Bertz CT molecular complexity index is 311. The van der Waals surface area contributed by atoms with E-state index in [1.54, 1.807) is 6.92 Å². The SMILES string of the molecule is CCOC(=O)c1ccc(C(F)F)nc1. The lowest BCUT2D eigenvalue weighted by Crippen LogP contribution is -2.05. The highest BCUT2D eigenvalue weighted by Gasteiger charge is 2.11. The first kappa shape index (κ1) is 10.6. The van der Waals surface area contributed by atoms with Gasteiger partial charge in [-0.2, -0.15) is 0 Å². The van der Waals surface area contributed by atoms with Crippen LogP contribution in [-0.2, 0) is 4.74 Å². The van der Waals surface area contributed by atoms with E-state index >= 15 is 0 Å². The number of ether oxygens (including phenoxy) is 1. The van der Waals surface area contributed by atoms with Crippen molar-refractivity contribution in [3.63, 3.8) is 0 Å². The van der Waals surface area contributed by atoms with Crippen LogP contribution >= 0.6 is 0 Å². The van der Waals surface area contributed by atoms with Crippen LogP contribution in [0.15, 0.2) is 18.3 Å². The average molecular weight is 201 g/mol. The van der Waals surface area contributed by atoms with E-state index < -0.39 is 12.4 Å². The van der Waals surface area contributed by atoms with E-state index in [9.17, 15) is 13.6 Å². The van der Waals surface area contributed by atoms with Crippen LogP contribution in [0.4, 0.5) is 8.78 Å². The van der Waals surface area contributed by atoms with Crippen LogP contribution in [0.2, 0.25) is 0 Å². The number of nitrogens with zero attached hydrogens (tertiary/aromatic N) is 1. The Morgan fingerprint density at radius 3 is 2.71 bits per heavy atom. The van der Waals surface area contributed by atoms with Gasteiger partial charge < -0.3 is 4.74 Å². The molecule has 0 bridgehead atoms. The first-order valence-corrected chi connectivity index (χ1v) is 4.06. The highest BCUT2D eigenvalue weighted by atomic mass is 19.3. The minimum atomic E-state index is -2.62. The number of esters is 1. The summed E-state index contributed by atoms with van der Waals surface area (Å²) in [5, 5.41) is 0. The molecule has 0 atom stereocenters. The average Bonchev–Trinajstić information content (AvgIpc) is 2.18. The quantitative estimate of drug-likeness (QED) is 0.703. The van der Waals surface area contributed by atoms with Gasteiger partial charge >= 0.3 is 5.97 Å². The Kier molecular flexibility index (Phi) is 3.50. The van der Waals surface area contributed by atoms with Crippen LogP contribution in [0.3, 0.4) is 0 Å². The summed E-state index contributed by atoms with van der Waals surface area (Å²) in [5.74, 6) is -0.555. The van der Waals surface area contributed by atoms with Crippen molar-refractivity contribution >= 4 is 5.97 Å². The van der Waals surface area contributed by atoms with Crippen LogP contribution in [0.25, 0.3) is 0 Å². The number of rotatable bonds is 3. The first-order chi connectivity index (χ1) is 6.65. The second-order valence-corrected chi connectivity index (χ2v) is 2.49. The summed E-state index contributed by atoms with van der Waals surface area (Å²) in [7, 11) is 0. The lowest BCUT2D eigenvalue weighted by Gasteiger charge is -2.02. The smallest absolute Gasteiger partial charge is 0.339 e. The molecule has 0 amide bonds. The topological polar surface area (TPSA) is 39.2 Å². The number of alkyl halides is 2. The molecule has 3 nitrogen and oxygen atoms in total. The van der Waals surface area contributed by atoms with Gasteiger partial charge in [-0.15, -0.1) is 0 Å². The summed E-state index contributed by atoms with van der Waals surface area (Å²) in [6, 6.07) is 2.38.